The Labute approximate surface area is 198 Å². The lowest BCUT2D eigenvalue weighted by Gasteiger charge is -2.39. The predicted molar refractivity (Wildman–Crippen MR) is 139 cm³/mol. The Morgan fingerprint density at radius 1 is 1.00 bits per heavy atom. The van der Waals surface area contributed by atoms with Gasteiger partial charge in [0, 0.05) is 45.0 Å². The van der Waals surface area contributed by atoms with Crippen LogP contribution >= 0.6 is 0 Å². The third-order valence-corrected chi connectivity index (χ3v) is 12.7. The molecule has 2 saturated heterocycles. The van der Waals surface area contributed by atoms with Crippen molar-refractivity contribution < 1.29 is 13.7 Å². The average molecular weight is 461 g/mol. The Morgan fingerprint density at radius 2 is 1.56 bits per heavy atom. The molecule has 2 aliphatic rings. The van der Waals surface area contributed by atoms with Crippen LogP contribution in [-0.2, 0) is 13.7 Å². The SMILES string of the molecule is Cc1cc(B2OC(C)(C)C(C)(C)O2)ccc1N1CCN(CCO[Si](C)(C)C(C)(C)C)CC1. The highest BCUT2D eigenvalue weighted by molar-refractivity contribution is 6.74. The molecule has 7 heteroatoms. The molecule has 1 aromatic carbocycles. The van der Waals surface area contributed by atoms with Crippen molar-refractivity contribution in [2.75, 3.05) is 44.2 Å². The minimum atomic E-state index is -1.66. The second-order valence-corrected chi connectivity index (χ2v) is 16.9. The molecule has 1 aromatic rings. The second kappa shape index (κ2) is 9.06. The van der Waals surface area contributed by atoms with Crippen LogP contribution < -0.4 is 10.4 Å². The highest BCUT2D eigenvalue weighted by Crippen LogP contribution is 2.37. The first-order valence-corrected chi connectivity index (χ1v) is 15.1. The Morgan fingerprint density at radius 3 is 2.06 bits per heavy atom. The van der Waals surface area contributed by atoms with E-state index in [-0.39, 0.29) is 23.4 Å². The molecule has 0 radical (unpaired) electrons. The molecule has 2 aliphatic heterocycles. The van der Waals surface area contributed by atoms with Crippen LogP contribution in [0.15, 0.2) is 18.2 Å². The summed E-state index contributed by atoms with van der Waals surface area (Å²) >= 11 is 0. The molecule has 3 rings (SSSR count). The van der Waals surface area contributed by atoms with Gasteiger partial charge in [0.15, 0.2) is 8.32 Å². The van der Waals surface area contributed by atoms with Crippen molar-refractivity contribution in [3.8, 4) is 0 Å². The van der Waals surface area contributed by atoms with E-state index in [1.807, 2.05) is 0 Å². The summed E-state index contributed by atoms with van der Waals surface area (Å²) in [6, 6.07) is 6.65. The number of hydrogen-bond donors (Lipinski definition) is 0. The fourth-order valence-electron chi connectivity index (χ4n) is 4.02. The Bertz CT molecular complexity index is 783. The Hall–Kier alpha value is -0.858. The number of rotatable bonds is 6. The van der Waals surface area contributed by atoms with Crippen molar-refractivity contribution in [3.63, 3.8) is 0 Å². The molecule has 2 heterocycles. The van der Waals surface area contributed by atoms with Crippen LogP contribution in [0.1, 0.15) is 54.0 Å². The van der Waals surface area contributed by atoms with E-state index in [2.05, 4.69) is 96.5 Å². The zero-order valence-electron chi connectivity index (χ0n) is 22.2. The largest absolute Gasteiger partial charge is 0.494 e. The van der Waals surface area contributed by atoms with Crippen LogP contribution in [0.3, 0.4) is 0 Å². The summed E-state index contributed by atoms with van der Waals surface area (Å²) in [4.78, 5) is 5.05. The number of aryl methyl sites for hydroxylation is 1. The van der Waals surface area contributed by atoms with Gasteiger partial charge in [-0.05, 0) is 69.8 Å². The lowest BCUT2D eigenvalue weighted by atomic mass is 9.78. The van der Waals surface area contributed by atoms with E-state index in [4.69, 9.17) is 13.7 Å². The summed E-state index contributed by atoms with van der Waals surface area (Å²) in [7, 11) is -1.96. The van der Waals surface area contributed by atoms with Crippen LogP contribution in [0.2, 0.25) is 18.1 Å². The van der Waals surface area contributed by atoms with Gasteiger partial charge in [-0.3, -0.25) is 4.90 Å². The zero-order valence-corrected chi connectivity index (χ0v) is 23.2. The minimum absolute atomic E-state index is 0.273. The fraction of sp³-hybridized carbons (Fsp3) is 0.760. The first-order chi connectivity index (χ1) is 14.6. The highest BCUT2D eigenvalue weighted by Gasteiger charge is 2.51. The third kappa shape index (κ3) is 5.44. The number of anilines is 1. The van der Waals surface area contributed by atoms with Crippen molar-refractivity contribution in [1.29, 1.82) is 0 Å². The molecule has 0 N–H and O–H groups in total. The second-order valence-electron chi connectivity index (χ2n) is 12.1. The van der Waals surface area contributed by atoms with E-state index >= 15 is 0 Å². The molecule has 0 unspecified atom stereocenters. The van der Waals surface area contributed by atoms with Crippen LogP contribution in [0.4, 0.5) is 5.69 Å². The molecule has 32 heavy (non-hydrogen) atoms. The van der Waals surface area contributed by atoms with E-state index in [1.54, 1.807) is 0 Å². The minimum Gasteiger partial charge on any atom is -0.416 e. The number of nitrogens with zero attached hydrogens (tertiary/aromatic N) is 2. The number of hydrogen-bond acceptors (Lipinski definition) is 5. The van der Waals surface area contributed by atoms with Crippen LogP contribution in [0.5, 0.6) is 0 Å². The van der Waals surface area contributed by atoms with Gasteiger partial charge in [0.05, 0.1) is 11.2 Å². The normalized spacial score (nSPS) is 21.9. The molecule has 0 aliphatic carbocycles. The van der Waals surface area contributed by atoms with E-state index in [1.165, 1.54) is 11.3 Å². The molecule has 2 fully saturated rings. The third-order valence-electron chi connectivity index (χ3n) is 8.14. The van der Waals surface area contributed by atoms with Crippen molar-refractivity contribution in [1.82, 2.24) is 4.90 Å². The molecule has 0 atom stereocenters. The van der Waals surface area contributed by atoms with Gasteiger partial charge < -0.3 is 18.6 Å². The molecule has 0 saturated carbocycles. The van der Waals surface area contributed by atoms with E-state index in [0.29, 0.717) is 0 Å². The van der Waals surface area contributed by atoms with E-state index in [9.17, 15) is 0 Å². The van der Waals surface area contributed by atoms with Gasteiger partial charge in [-0.15, -0.1) is 0 Å². The lowest BCUT2D eigenvalue weighted by molar-refractivity contribution is 0.00578. The van der Waals surface area contributed by atoms with Crippen molar-refractivity contribution in [3.05, 3.63) is 23.8 Å². The summed E-state index contributed by atoms with van der Waals surface area (Å²) < 4.78 is 18.8. The molecule has 0 amide bonds. The van der Waals surface area contributed by atoms with Gasteiger partial charge in [-0.2, -0.15) is 0 Å². The molecule has 0 aromatic heterocycles. The Kier molecular flexibility index (Phi) is 7.30. The fourth-order valence-corrected chi connectivity index (χ4v) is 5.05. The smallest absolute Gasteiger partial charge is 0.416 e. The molecule has 5 nitrogen and oxygen atoms in total. The van der Waals surface area contributed by atoms with Crippen molar-refractivity contribution >= 4 is 26.6 Å². The maximum atomic E-state index is 6.38. The highest BCUT2D eigenvalue weighted by atomic mass is 28.4. The lowest BCUT2D eigenvalue weighted by Crippen LogP contribution is -2.49. The standard InChI is InChI=1S/C25H45BN2O3Si/c1-20-19-21(26-30-24(5,6)25(7,8)31-26)11-12-22(20)28-15-13-27(14-16-28)17-18-29-32(9,10)23(2,3)4/h11-12,19H,13-18H2,1-10H3. The monoisotopic (exact) mass is 460 g/mol. The van der Waals surface area contributed by atoms with Crippen LogP contribution in [-0.4, -0.2) is 70.9 Å². The van der Waals surface area contributed by atoms with Gasteiger partial charge in [-0.1, -0.05) is 32.9 Å². The molecule has 0 spiro atoms. The summed E-state index contributed by atoms with van der Waals surface area (Å²) in [5.74, 6) is 0. The molecule has 0 bridgehead atoms. The van der Waals surface area contributed by atoms with Gasteiger partial charge in [0.2, 0.25) is 0 Å². The zero-order chi connectivity index (χ0) is 23.9. The van der Waals surface area contributed by atoms with Crippen molar-refractivity contribution in [2.45, 2.75) is 84.7 Å². The number of benzene rings is 1. The summed E-state index contributed by atoms with van der Waals surface area (Å²) in [5, 5.41) is 0.273. The topological polar surface area (TPSA) is 34.2 Å². The summed E-state index contributed by atoms with van der Waals surface area (Å²) in [5.41, 5.74) is 3.09. The maximum Gasteiger partial charge on any atom is 0.494 e. The number of piperazine rings is 1. The van der Waals surface area contributed by atoms with E-state index in [0.717, 1.165) is 44.8 Å². The summed E-state index contributed by atoms with van der Waals surface area (Å²) in [6.45, 7) is 28.3. The first-order valence-electron chi connectivity index (χ1n) is 12.2. The molecular formula is C25H45BN2O3Si. The van der Waals surface area contributed by atoms with Crippen LogP contribution in [0, 0.1) is 6.92 Å². The van der Waals surface area contributed by atoms with Gasteiger partial charge in [-0.25, -0.2) is 0 Å². The quantitative estimate of drug-likeness (QED) is 0.587. The summed E-state index contributed by atoms with van der Waals surface area (Å²) in [6.07, 6.45) is 0. The first kappa shape index (κ1) is 25.8. The van der Waals surface area contributed by atoms with Gasteiger partial charge in [0.25, 0.3) is 0 Å². The molecular weight excluding hydrogens is 415 g/mol. The van der Waals surface area contributed by atoms with Gasteiger partial charge >= 0.3 is 7.12 Å². The average Bonchev–Trinajstić information content (AvgIpc) is 2.89. The maximum absolute atomic E-state index is 6.38. The Balaban J connectivity index is 1.53. The van der Waals surface area contributed by atoms with Gasteiger partial charge in [0.1, 0.15) is 0 Å². The van der Waals surface area contributed by atoms with Crippen molar-refractivity contribution in [2.24, 2.45) is 0 Å². The predicted octanol–water partition coefficient (Wildman–Crippen LogP) is 4.44. The van der Waals surface area contributed by atoms with Crippen LogP contribution in [0.25, 0.3) is 0 Å². The van der Waals surface area contributed by atoms with E-state index < -0.39 is 8.32 Å². The molecule has 180 valence electrons.